The zero-order valence-electron chi connectivity index (χ0n) is 16.1. The third-order valence-corrected chi connectivity index (χ3v) is 5.13. The second-order valence-electron chi connectivity index (χ2n) is 7.17. The Kier molecular flexibility index (Phi) is 7.91. The number of amides is 2. The maximum absolute atomic E-state index is 12.4. The summed E-state index contributed by atoms with van der Waals surface area (Å²) in [6.45, 7) is 5.51. The van der Waals surface area contributed by atoms with Crippen molar-refractivity contribution >= 4 is 17.5 Å². The number of hydrogen-bond acceptors (Lipinski definition) is 3. The third-order valence-electron chi connectivity index (χ3n) is 5.13. The van der Waals surface area contributed by atoms with Gasteiger partial charge in [0.1, 0.15) is 5.75 Å². The molecule has 6 heteroatoms. The fourth-order valence-electron chi connectivity index (χ4n) is 3.46. The van der Waals surface area contributed by atoms with Crippen LogP contribution < -0.4 is 20.3 Å². The molecule has 0 heterocycles. The van der Waals surface area contributed by atoms with Crippen LogP contribution >= 0.6 is 0 Å². The summed E-state index contributed by atoms with van der Waals surface area (Å²) in [4.78, 5) is 25.6. The standard InChI is InChI=1S/C20H31N3O3/c1-4-23(14-20(25)22-18-11-6-5-8-15(18)2)13-19(24)21-16-9-7-10-17(12-16)26-3/h7,9-10,12,15,18H,4-6,8,11,13-14H2,1-3H3,(H,21,24)(H,22,25)/p+1/t15-,18+/m0/s1. The van der Waals surface area contributed by atoms with Crippen molar-refractivity contribution in [2.24, 2.45) is 5.92 Å². The summed E-state index contributed by atoms with van der Waals surface area (Å²) in [6, 6.07) is 7.54. The van der Waals surface area contributed by atoms with Crippen molar-refractivity contribution in [3.63, 3.8) is 0 Å². The molecule has 1 aliphatic rings. The molecule has 1 fully saturated rings. The lowest BCUT2D eigenvalue weighted by atomic mass is 9.86. The Morgan fingerprint density at radius 2 is 1.92 bits per heavy atom. The van der Waals surface area contributed by atoms with Gasteiger partial charge in [0.2, 0.25) is 0 Å². The summed E-state index contributed by atoms with van der Waals surface area (Å²) in [5, 5.41) is 6.04. The molecule has 0 radical (unpaired) electrons. The number of quaternary nitrogens is 1. The van der Waals surface area contributed by atoms with E-state index in [-0.39, 0.29) is 24.4 Å². The van der Waals surface area contributed by atoms with Gasteiger partial charge in [-0.3, -0.25) is 9.59 Å². The van der Waals surface area contributed by atoms with Crippen molar-refractivity contribution in [3.8, 4) is 5.75 Å². The van der Waals surface area contributed by atoms with Gasteiger partial charge in [0.25, 0.3) is 11.8 Å². The fraction of sp³-hybridized carbons (Fsp3) is 0.600. The monoisotopic (exact) mass is 362 g/mol. The number of carbonyl (C=O) groups excluding carboxylic acids is 2. The summed E-state index contributed by atoms with van der Waals surface area (Å²) in [5.74, 6) is 1.17. The van der Waals surface area contributed by atoms with Crippen LogP contribution in [0.1, 0.15) is 39.5 Å². The van der Waals surface area contributed by atoms with Gasteiger partial charge in [0, 0.05) is 17.8 Å². The van der Waals surface area contributed by atoms with Gasteiger partial charge in [-0.2, -0.15) is 0 Å². The van der Waals surface area contributed by atoms with E-state index in [2.05, 4.69) is 17.6 Å². The van der Waals surface area contributed by atoms with Crippen molar-refractivity contribution in [3.05, 3.63) is 24.3 Å². The molecule has 1 aromatic carbocycles. The minimum atomic E-state index is -0.103. The molecule has 2 amide bonds. The van der Waals surface area contributed by atoms with Crippen LogP contribution in [0.4, 0.5) is 5.69 Å². The van der Waals surface area contributed by atoms with E-state index in [4.69, 9.17) is 4.74 Å². The zero-order chi connectivity index (χ0) is 18.9. The number of benzene rings is 1. The summed E-state index contributed by atoms with van der Waals surface area (Å²) in [7, 11) is 1.59. The van der Waals surface area contributed by atoms with E-state index in [1.54, 1.807) is 13.2 Å². The Labute approximate surface area is 156 Å². The lowest BCUT2D eigenvalue weighted by Crippen LogP contribution is -3.14. The highest BCUT2D eigenvalue weighted by Gasteiger charge is 2.24. The van der Waals surface area contributed by atoms with Crippen LogP contribution in [-0.4, -0.2) is 44.6 Å². The number of nitrogens with one attached hydrogen (secondary N) is 3. The molecule has 144 valence electrons. The highest BCUT2D eigenvalue weighted by molar-refractivity contribution is 5.91. The smallest absolute Gasteiger partial charge is 0.279 e. The molecule has 1 unspecified atom stereocenters. The molecule has 0 saturated heterocycles. The summed E-state index contributed by atoms with van der Waals surface area (Å²) >= 11 is 0. The Hall–Kier alpha value is -2.08. The SMILES string of the molecule is CC[NH+](CC(=O)Nc1cccc(OC)c1)CC(=O)N[C@@H]1CCCC[C@@H]1C. The zero-order valence-corrected chi connectivity index (χ0v) is 16.1. The number of ether oxygens (including phenoxy) is 1. The van der Waals surface area contributed by atoms with Gasteiger partial charge in [0.05, 0.1) is 13.7 Å². The number of hydrogen-bond donors (Lipinski definition) is 3. The van der Waals surface area contributed by atoms with Crippen LogP contribution in [0, 0.1) is 5.92 Å². The van der Waals surface area contributed by atoms with Crippen LogP contribution in [0.15, 0.2) is 24.3 Å². The van der Waals surface area contributed by atoms with E-state index in [0.29, 0.717) is 23.9 Å². The highest BCUT2D eigenvalue weighted by Crippen LogP contribution is 2.23. The van der Waals surface area contributed by atoms with Gasteiger partial charge >= 0.3 is 0 Å². The van der Waals surface area contributed by atoms with E-state index in [9.17, 15) is 9.59 Å². The lowest BCUT2D eigenvalue weighted by molar-refractivity contribution is -0.881. The maximum Gasteiger partial charge on any atom is 0.279 e. The molecule has 1 aromatic rings. The molecular weight excluding hydrogens is 330 g/mol. The van der Waals surface area contributed by atoms with Gasteiger partial charge in [0.15, 0.2) is 13.1 Å². The first kappa shape index (κ1) is 20.2. The minimum Gasteiger partial charge on any atom is -0.497 e. The molecule has 0 aromatic heterocycles. The number of methoxy groups -OCH3 is 1. The van der Waals surface area contributed by atoms with Crippen molar-refractivity contribution in [1.82, 2.24) is 5.32 Å². The Morgan fingerprint density at radius 1 is 1.19 bits per heavy atom. The van der Waals surface area contributed by atoms with Crippen LogP contribution in [-0.2, 0) is 9.59 Å². The number of anilines is 1. The van der Waals surface area contributed by atoms with Crippen molar-refractivity contribution in [1.29, 1.82) is 0 Å². The predicted molar refractivity (Wildman–Crippen MR) is 102 cm³/mol. The molecule has 0 bridgehead atoms. The summed E-state index contributed by atoms with van der Waals surface area (Å²) < 4.78 is 5.16. The predicted octanol–water partition coefficient (Wildman–Crippen LogP) is 1.23. The molecule has 2 rings (SSSR count). The van der Waals surface area contributed by atoms with E-state index in [1.165, 1.54) is 19.3 Å². The Bertz CT molecular complexity index is 606. The van der Waals surface area contributed by atoms with E-state index < -0.39 is 0 Å². The van der Waals surface area contributed by atoms with Crippen molar-refractivity contribution in [2.75, 3.05) is 32.1 Å². The highest BCUT2D eigenvalue weighted by atomic mass is 16.5. The average molecular weight is 362 g/mol. The lowest BCUT2D eigenvalue weighted by Gasteiger charge is -2.29. The molecule has 0 aliphatic heterocycles. The Balaban J connectivity index is 1.81. The first-order valence-electron chi connectivity index (χ1n) is 9.58. The van der Waals surface area contributed by atoms with Crippen molar-refractivity contribution < 1.29 is 19.2 Å². The first-order valence-corrected chi connectivity index (χ1v) is 9.58. The average Bonchev–Trinajstić information content (AvgIpc) is 2.63. The molecule has 3 N–H and O–H groups in total. The first-order chi connectivity index (χ1) is 12.5. The quantitative estimate of drug-likeness (QED) is 0.651. The van der Waals surface area contributed by atoms with Gasteiger partial charge in [-0.25, -0.2) is 0 Å². The van der Waals surface area contributed by atoms with Gasteiger partial charge in [-0.15, -0.1) is 0 Å². The summed E-state index contributed by atoms with van der Waals surface area (Å²) in [5.41, 5.74) is 0.699. The third kappa shape index (κ3) is 6.33. The Morgan fingerprint density at radius 3 is 2.62 bits per heavy atom. The number of likely N-dealkylation sites (N-methyl/N-ethyl adjacent to an activating group) is 1. The molecule has 0 spiro atoms. The van der Waals surface area contributed by atoms with E-state index in [0.717, 1.165) is 17.9 Å². The normalized spacial score (nSPS) is 20.9. The summed E-state index contributed by atoms with van der Waals surface area (Å²) in [6.07, 6.45) is 4.68. The molecule has 26 heavy (non-hydrogen) atoms. The molecule has 3 atom stereocenters. The van der Waals surface area contributed by atoms with E-state index >= 15 is 0 Å². The number of rotatable bonds is 8. The van der Waals surface area contributed by atoms with Crippen LogP contribution in [0.25, 0.3) is 0 Å². The van der Waals surface area contributed by atoms with Gasteiger partial charge in [-0.05, 0) is 37.8 Å². The topological polar surface area (TPSA) is 71.9 Å². The molecule has 6 nitrogen and oxygen atoms in total. The molecular formula is C20H32N3O3+. The molecule has 1 saturated carbocycles. The second-order valence-corrected chi connectivity index (χ2v) is 7.17. The number of carbonyl (C=O) groups is 2. The van der Waals surface area contributed by atoms with Crippen LogP contribution in [0.2, 0.25) is 0 Å². The van der Waals surface area contributed by atoms with Gasteiger partial charge < -0.3 is 20.3 Å². The van der Waals surface area contributed by atoms with Crippen LogP contribution in [0.3, 0.4) is 0 Å². The maximum atomic E-state index is 12.4. The largest absolute Gasteiger partial charge is 0.497 e. The van der Waals surface area contributed by atoms with Crippen LogP contribution in [0.5, 0.6) is 5.75 Å². The minimum absolute atomic E-state index is 0.0368. The van der Waals surface area contributed by atoms with Gasteiger partial charge in [-0.1, -0.05) is 25.8 Å². The molecule has 1 aliphatic carbocycles. The second kappa shape index (κ2) is 10.2. The van der Waals surface area contributed by atoms with Crippen molar-refractivity contribution in [2.45, 2.75) is 45.6 Å². The fourth-order valence-corrected chi connectivity index (χ4v) is 3.46. The van der Waals surface area contributed by atoms with E-state index in [1.807, 2.05) is 25.1 Å².